The van der Waals surface area contributed by atoms with Crippen LogP contribution >= 0.6 is 15.9 Å². The van der Waals surface area contributed by atoms with Crippen LogP contribution in [0.3, 0.4) is 0 Å². The number of hydrogen-bond acceptors (Lipinski definition) is 3. The second kappa shape index (κ2) is 7.61. The van der Waals surface area contributed by atoms with Crippen LogP contribution in [0.4, 0.5) is 0 Å². The van der Waals surface area contributed by atoms with Gasteiger partial charge in [0, 0.05) is 29.3 Å². The second-order valence-electron chi connectivity index (χ2n) is 5.06. The molecule has 0 radical (unpaired) electrons. The highest BCUT2D eigenvalue weighted by molar-refractivity contribution is 9.10. The number of nitrogens with zero attached hydrogens (tertiary/aromatic N) is 2. The van der Waals surface area contributed by atoms with Gasteiger partial charge in [0.25, 0.3) is 0 Å². The van der Waals surface area contributed by atoms with Crippen molar-refractivity contribution in [1.82, 2.24) is 15.1 Å². The first-order valence-electron chi connectivity index (χ1n) is 7.18. The van der Waals surface area contributed by atoms with E-state index in [9.17, 15) is 0 Å². The fourth-order valence-corrected chi connectivity index (χ4v) is 2.84. The van der Waals surface area contributed by atoms with Crippen molar-refractivity contribution in [2.45, 2.75) is 25.8 Å². The molecule has 1 aromatic heterocycles. The summed E-state index contributed by atoms with van der Waals surface area (Å²) in [5.74, 6) is 0.918. The molecule has 0 bridgehead atoms. The summed E-state index contributed by atoms with van der Waals surface area (Å²) in [4.78, 5) is 0. The Morgan fingerprint density at radius 1 is 1.43 bits per heavy atom. The molecule has 2 aromatic rings. The normalized spacial score (nSPS) is 12.4. The predicted octanol–water partition coefficient (Wildman–Crippen LogP) is 3.47. The van der Waals surface area contributed by atoms with Crippen LogP contribution in [-0.2, 0) is 13.5 Å². The number of aromatic nitrogens is 2. The molecule has 1 N–H and O–H groups in total. The van der Waals surface area contributed by atoms with Crippen LogP contribution in [-0.4, -0.2) is 23.4 Å². The number of benzene rings is 1. The molecule has 0 fully saturated rings. The topological polar surface area (TPSA) is 39.1 Å². The van der Waals surface area contributed by atoms with E-state index in [0.717, 1.165) is 29.6 Å². The van der Waals surface area contributed by atoms with E-state index in [2.05, 4.69) is 51.6 Å². The van der Waals surface area contributed by atoms with Gasteiger partial charge in [-0.15, -0.1) is 0 Å². The molecule has 0 spiro atoms. The summed E-state index contributed by atoms with van der Waals surface area (Å²) >= 11 is 3.49. The lowest BCUT2D eigenvalue weighted by atomic mass is 9.99. The molecule has 0 saturated heterocycles. The van der Waals surface area contributed by atoms with Gasteiger partial charge in [-0.05, 0) is 37.1 Å². The van der Waals surface area contributed by atoms with Crippen molar-refractivity contribution in [2.24, 2.45) is 7.05 Å². The highest BCUT2D eigenvalue weighted by Gasteiger charge is 2.16. The maximum absolute atomic E-state index is 5.52. The number of ether oxygens (including phenoxy) is 1. The molecule has 0 saturated carbocycles. The first-order valence-corrected chi connectivity index (χ1v) is 7.97. The molecule has 114 valence electrons. The van der Waals surface area contributed by atoms with E-state index in [1.807, 2.05) is 24.0 Å². The Balaban J connectivity index is 2.14. The summed E-state index contributed by atoms with van der Waals surface area (Å²) in [7, 11) is 3.67. The molecule has 0 aliphatic heterocycles. The number of halogens is 1. The van der Waals surface area contributed by atoms with Gasteiger partial charge in [0.1, 0.15) is 5.75 Å². The third-order valence-electron chi connectivity index (χ3n) is 3.50. The first-order chi connectivity index (χ1) is 10.1. The number of hydrogen-bond donors (Lipinski definition) is 1. The zero-order valence-electron chi connectivity index (χ0n) is 12.8. The number of aryl methyl sites for hydroxylation is 2. The van der Waals surface area contributed by atoms with Crippen molar-refractivity contribution in [1.29, 1.82) is 0 Å². The predicted molar refractivity (Wildman–Crippen MR) is 88.6 cm³/mol. The van der Waals surface area contributed by atoms with Crippen LogP contribution in [0.15, 0.2) is 35.1 Å². The summed E-state index contributed by atoms with van der Waals surface area (Å²) in [6.07, 6.45) is 6.01. The van der Waals surface area contributed by atoms with Gasteiger partial charge in [-0.25, -0.2) is 0 Å². The highest BCUT2D eigenvalue weighted by Crippen LogP contribution is 2.31. The van der Waals surface area contributed by atoms with Crippen molar-refractivity contribution in [2.75, 3.05) is 13.7 Å². The van der Waals surface area contributed by atoms with Gasteiger partial charge in [-0.3, -0.25) is 4.68 Å². The number of methoxy groups -OCH3 is 1. The van der Waals surface area contributed by atoms with Crippen LogP contribution < -0.4 is 10.1 Å². The molecular formula is C16H22BrN3O. The van der Waals surface area contributed by atoms with Crippen LogP contribution in [0.5, 0.6) is 5.75 Å². The summed E-state index contributed by atoms with van der Waals surface area (Å²) in [6, 6.07) is 6.48. The SMILES string of the molecule is CCNC(CCc1cnn(C)c1)c1ccc(Br)cc1OC. The lowest BCUT2D eigenvalue weighted by Gasteiger charge is -2.20. The Kier molecular flexibility index (Phi) is 5.82. The molecule has 2 rings (SSSR count). The van der Waals surface area contributed by atoms with Crippen molar-refractivity contribution >= 4 is 15.9 Å². The molecule has 0 aliphatic rings. The third-order valence-corrected chi connectivity index (χ3v) is 3.99. The van der Waals surface area contributed by atoms with Crippen LogP contribution in [0.25, 0.3) is 0 Å². The van der Waals surface area contributed by atoms with Crippen molar-refractivity contribution in [3.63, 3.8) is 0 Å². The Morgan fingerprint density at radius 2 is 2.24 bits per heavy atom. The van der Waals surface area contributed by atoms with Crippen LogP contribution in [0.2, 0.25) is 0 Å². The largest absolute Gasteiger partial charge is 0.496 e. The summed E-state index contributed by atoms with van der Waals surface area (Å²) < 4.78 is 8.40. The molecule has 1 atom stereocenters. The van der Waals surface area contributed by atoms with Crippen molar-refractivity contribution in [3.05, 3.63) is 46.2 Å². The average Bonchev–Trinajstić information content (AvgIpc) is 2.89. The standard InChI is InChI=1S/C16H22BrN3O/c1-4-18-15(8-5-12-10-19-20(2)11-12)14-7-6-13(17)9-16(14)21-3/h6-7,9-11,15,18H,4-5,8H2,1-3H3. The summed E-state index contributed by atoms with van der Waals surface area (Å²) in [6.45, 7) is 3.05. The van der Waals surface area contributed by atoms with Crippen molar-refractivity contribution in [3.8, 4) is 5.75 Å². The monoisotopic (exact) mass is 351 g/mol. The second-order valence-corrected chi connectivity index (χ2v) is 5.97. The lowest BCUT2D eigenvalue weighted by molar-refractivity contribution is 0.396. The molecule has 0 aliphatic carbocycles. The molecule has 0 amide bonds. The third kappa shape index (κ3) is 4.32. The average molecular weight is 352 g/mol. The van der Waals surface area contributed by atoms with E-state index in [4.69, 9.17) is 4.74 Å². The van der Waals surface area contributed by atoms with E-state index in [1.54, 1.807) is 7.11 Å². The zero-order chi connectivity index (χ0) is 15.2. The maximum atomic E-state index is 5.52. The van der Waals surface area contributed by atoms with E-state index in [-0.39, 0.29) is 6.04 Å². The molecular weight excluding hydrogens is 330 g/mol. The molecule has 4 nitrogen and oxygen atoms in total. The number of nitrogens with one attached hydrogen (secondary N) is 1. The fraction of sp³-hybridized carbons (Fsp3) is 0.438. The van der Waals surface area contributed by atoms with Gasteiger partial charge in [0.05, 0.1) is 13.3 Å². The molecule has 5 heteroatoms. The number of rotatable bonds is 7. The Labute approximate surface area is 134 Å². The van der Waals surface area contributed by atoms with E-state index >= 15 is 0 Å². The van der Waals surface area contributed by atoms with Crippen LogP contribution in [0, 0.1) is 0 Å². The molecule has 1 heterocycles. The summed E-state index contributed by atoms with van der Waals surface area (Å²) in [5, 5.41) is 7.77. The molecule has 1 unspecified atom stereocenters. The van der Waals surface area contributed by atoms with Gasteiger partial charge < -0.3 is 10.1 Å². The van der Waals surface area contributed by atoms with Gasteiger partial charge in [0.15, 0.2) is 0 Å². The fourth-order valence-electron chi connectivity index (χ4n) is 2.50. The van der Waals surface area contributed by atoms with E-state index < -0.39 is 0 Å². The molecule has 21 heavy (non-hydrogen) atoms. The minimum Gasteiger partial charge on any atom is -0.496 e. The minimum absolute atomic E-state index is 0.276. The highest BCUT2D eigenvalue weighted by atomic mass is 79.9. The lowest BCUT2D eigenvalue weighted by Crippen LogP contribution is -2.22. The molecule has 1 aromatic carbocycles. The quantitative estimate of drug-likeness (QED) is 0.829. The Bertz CT molecular complexity index is 583. The van der Waals surface area contributed by atoms with Crippen molar-refractivity contribution < 1.29 is 4.74 Å². The Morgan fingerprint density at radius 3 is 2.86 bits per heavy atom. The maximum Gasteiger partial charge on any atom is 0.124 e. The van der Waals surface area contributed by atoms with E-state index in [0.29, 0.717) is 0 Å². The minimum atomic E-state index is 0.276. The van der Waals surface area contributed by atoms with Gasteiger partial charge in [0.2, 0.25) is 0 Å². The van der Waals surface area contributed by atoms with Crippen LogP contribution in [0.1, 0.15) is 30.5 Å². The van der Waals surface area contributed by atoms with Gasteiger partial charge in [-0.2, -0.15) is 5.10 Å². The van der Waals surface area contributed by atoms with Gasteiger partial charge >= 0.3 is 0 Å². The Hall–Kier alpha value is -1.33. The van der Waals surface area contributed by atoms with Gasteiger partial charge in [-0.1, -0.05) is 28.9 Å². The summed E-state index contributed by atoms with van der Waals surface area (Å²) in [5.41, 5.74) is 2.46. The zero-order valence-corrected chi connectivity index (χ0v) is 14.4. The smallest absolute Gasteiger partial charge is 0.124 e. The first kappa shape index (κ1) is 16.0. The van der Waals surface area contributed by atoms with E-state index in [1.165, 1.54) is 11.1 Å².